The average Bonchev–Trinajstić information content (AvgIpc) is 2.61. The van der Waals surface area contributed by atoms with Gasteiger partial charge >= 0.3 is 0 Å². The summed E-state index contributed by atoms with van der Waals surface area (Å²) in [5, 5.41) is 0. The van der Waals surface area contributed by atoms with Crippen molar-refractivity contribution in [3.05, 3.63) is 29.3 Å². The van der Waals surface area contributed by atoms with E-state index in [9.17, 15) is 4.79 Å². The molecule has 1 aromatic rings. The predicted molar refractivity (Wildman–Crippen MR) is 62.2 cm³/mol. The van der Waals surface area contributed by atoms with Gasteiger partial charge in [0.1, 0.15) is 0 Å². The summed E-state index contributed by atoms with van der Waals surface area (Å²) in [4.78, 5) is 13.2. The fourth-order valence-corrected chi connectivity index (χ4v) is 2.23. The van der Waals surface area contributed by atoms with Crippen LogP contribution in [-0.4, -0.2) is 12.5 Å². The molecule has 0 aliphatic carbocycles. The first kappa shape index (κ1) is 10.2. The van der Waals surface area contributed by atoms with E-state index >= 15 is 0 Å². The largest absolute Gasteiger partial charge is 0.312 e. The minimum absolute atomic E-state index is 0.150. The lowest BCUT2D eigenvalue weighted by Crippen LogP contribution is -2.25. The van der Waals surface area contributed by atoms with E-state index in [1.165, 1.54) is 17.5 Å². The van der Waals surface area contributed by atoms with E-state index in [0.29, 0.717) is 0 Å². The third kappa shape index (κ3) is 1.89. The normalized spacial score (nSPS) is 14.1. The molecule has 15 heavy (non-hydrogen) atoms. The molecule has 0 spiro atoms. The molecule has 2 rings (SSSR count). The molecule has 1 aromatic carbocycles. The lowest BCUT2D eigenvalue weighted by atomic mass is 10.1. The van der Waals surface area contributed by atoms with Crippen LogP contribution in [0.1, 0.15) is 31.4 Å². The Morgan fingerprint density at radius 2 is 2.27 bits per heavy atom. The van der Waals surface area contributed by atoms with Crippen LogP contribution in [0.25, 0.3) is 0 Å². The highest BCUT2D eigenvalue weighted by atomic mass is 16.2. The molecule has 0 bridgehead atoms. The number of hydrogen-bond acceptors (Lipinski definition) is 1. The highest BCUT2D eigenvalue weighted by Crippen LogP contribution is 2.29. The lowest BCUT2D eigenvalue weighted by Gasteiger charge is -2.14. The second-order valence-corrected chi connectivity index (χ2v) is 4.13. The van der Waals surface area contributed by atoms with Gasteiger partial charge in [0.05, 0.1) is 0 Å². The Kier molecular flexibility index (Phi) is 2.76. The molecule has 1 heterocycles. The summed E-state index contributed by atoms with van der Waals surface area (Å²) in [6.45, 7) is 4.67. The van der Waals surface area contributed by atoms with Crippen molar-refractivity contribution in [1.29, 1.82) is 0 Å². The Labute approximate surface area is 90.9 Å². The van der Waals surface area contributed by atoms with E-state index in [2.05, 4.69) is 25.1 Å². The minimum Gasteiger partial charge on any atom is -0.312 e. The number of rotatable bonds is 2. The van der Waals surface area contributed by atoms with Crippen LogP contribution >= 0.6 is 0 Å². The van der Waals surface area contributed by atoms with Crippen molar-refractivity contribution >= 4 is 11.6 Å². The van der Waals surface area contributed by atoms with Gasteiger partial charge in [-0.15, -0.1) is 0 Å². The maximum Gasteiger partial charge on any atom is 0.223 e. The molecule has 1 aliphatic heterocycles. The van der Waals surface area contributed by atoms with Crippen LogP contribution < -0.4 is 4.90 Å². The monoisotopic (exact) mass is 203 g/mol. The molecule has 1 amide bonds. The molecule has 0 saturated heterocycles. The summed E-state index contributed by atoms with van der Waals surface area (Å²) >= 11 is 0. The summed E-state index contributed by atoms with van der Waals surface area (Å²) in [7, 11) is 0. The highest BCUT2D eigenvalue weighted by Gasteiger charge is 2.21. The molecule has 2 heteroatoms. The summed E-state index contributed by atoms with van der Waals surface area (Å²) < 4.78 is 0. The molecule has 80 valence electrons. The molecule has 0 fully saturated rings. The fourth-order valence-electron chi connectivity index (χ4n) is 2.23. The summed E-state index contributed by atoms with van der Waals surface area (Å²) in [5.41, 5.74) is 3.83. The summed E-state index contributed by atoms with van der Waals surface area (Å²) in [6, 6.07) is 6.49. The number of amides is 1. The lowest BCUT2D eigenvalue weighted by molar-refractivity contribution is -0.116. The van der Waals surface area contributed by atoms with Crippen LogP contribution in [0.2, 0.25) is 0 Å². The van der Waals surface area contributed by atoms with Crippen molar-refractivity contribution in [2.45, 2.75) is 33.1 Å². The number of aryl methyl sites for hydroxylation is 1. The van der Waals surface area contributed by atoms with Gasteiger partial charge in [-0.25, -0.2) is 0 Å². The predicted octanol–water partition coefficient (Wildman–Crippen LogP) is 2.55. The van der Waals surface area contributed by atoms with E-state index in [-0.39, 0.29) is 5.91 Å². The van der Waals surface area contributed by atoms with Crippen molar-refractivity contribution < 1.29 is 4.79 Å². The van der Waals surface area contributed by atoms with Crippen LogP contribution in [0, 0.1) is 0 Å². The van der Waals surface area contributed by atoms with Crippen LogP contribution in [0.15, 0.2) is 18.2 Å². The van der Waals surface area contributed by atoms with E-state index in [1.807, 2.05) is 4.90 Å². The Morgan fingerprint density at radius 1 is 1.47 bits per heavy atom. The smallest absolute Gasteiger partial charge is 0.223 e. The van der Waals surface area contributed by atoms with Gasteiger partial charge in [-0.2, -0.15) is 0 Å². The molecule has 0 aromatic heterocycles. The van der Waals surface area contributed by atoms with Gasteiger partial charge in [0.2, 0.25) is 5.91 Å². The van der Waals surface area contributed by atoms with Gasteiger partial charge in [-0.1, -0.05) is 25.5 Å². The number of fused-ring (bicyclic) bond motifs is 1. The van der Waals surface area contributed by atoms with Crippen molar-refractivity contribution in [1.82, 2.24) is 0 Å². The zero-order chi connectivity index (χ0) is 10.8. The molecule has 0 atom stereocenters. The van der Waals surface area contributed by atoms with Crippen LogP contribution in [0.4, 0.5) is 5.69 Å². The quantitative estimate of drug-likeness (QED) is 0.723. The first-order chi connectivity index (χ1) is 7.22. The number of anilines is 1. The van der Waals surface area contributed by atoms with Gasteiger partial charge < -0.3 is 4.90 Å². The molecular weight excluding hydrogens is 186 g/mol. The maximum atomic E-state index is 11.3. The first-order valence-electron chi connectivity index (χ1n) is 5.62. The van der Waals surface area contributed by atoms with Crippen molar-refractivity contribution in [3.63, 3.8) is 0 Å². The minimum atomic E-state index is 0.150. The molecular formula is C13H17NO. The molecule has 1 aliphatic rings. The van der Waals surface area contributed by atoms with E-state index in [4.69, 9.17) is 0 Å². The first-order valence-corrected chi connectivity index (χ1v) is 5.62. The Bertz CT molecular complexity index is 384. The van der Waals surface area contributed by atoms with Gasteiger partial charge in [0, 0.05) is 19.2 Å². The zero-order valence-electron chi connectivity index (χ0n) is 9.42. The van der Waals surface area contributed by atoms with Gasteiger partial charge in [-0.3, -0.25) is 4.79 Å². The van der Waals surface area contributed by atoms with E-state index in [1.54, 1.807) is 6.92 Å². The van der Waals surface area contributed by atoms with Crippen LogP contribution in [0.3, 0.4) is 0 Å². The molecule has 2 nitrogen and oxygen atoms in total. The van der Waals surface area contributed by atoms with Crippen molar-refractivity contribution in [2.24, 2.45) is 0 Å². The second-order valence-electron chi connectivity index (χ2n) is 4.13. The topological polar surface area (TPSA) is 20.3 Å². The zero-order valence-corrected chi connectivity index (χ0v) is 9.42. The number of benzene rings is 1. The van der Waals surface area contributed by atoms with Gasteiger partial charge in [0.25, 0.3) is 0 Å². The van der Waals surface area contributed by atoms with Gasteiger partial charge in [0.15, 0.2) is 0 Å². The van der Waals surface area contributed by atoms with Gasteiger partial charge in [-0.05, 0) is 30.0 Å². The van der Waals surface area contributed by atoms with Crippen molar-refractivity contribution in [2.75, 3.05) is 11.4 Å². The Hall–Kier alpha value is -1.31. The third-order valence-electron chi connectivity index (χ3n) is 2.96. The molecule has 0 N–H and O–H groups in total. The standard InChI is InChI=1S/C13H17NO/c1-3-4-11-5-6-13-12(9-11)7-8-14(13)10(2)15/h5-6,9H,3-4,7-8H2,1-2H3. The van der Waals surface area contributed by atoms with Crippen molar-refractivity contribution in [3.8, 4) is 0 Å². The number of hydrogen-bond donors (Lipinski definition) is 0. The van der Waals surface area contributed by atoms with Crippen LogP contribution in [0.5, 0.6) is 0 Å². The van der Waals surface area contributed by atoms with E-state index < -0.39 is 0 Å². The molecule has 0 unspecified atom stereocenters. The number of nitrogens with zero attached hydrogens (tertiary/aromatic N) is 1. The summed E-state index contributed by atoms with van der Waals surface area (Å²) in [5.74, 6) is 0.150. The number of carbonyl (C=O) groups excluding carboxylic acids is 1. The van der Waals surface area contributed by atoms with Crippen LogP contribution in [-0.2, 0) is 17.6 Å². The number of carbonyl (C=O) groups is 1. The SMILES string of the molecule is CCCc1ccc2c(c1)CCN2C(C)=O. The van der Waals surface area contributed by atoms with E-state index in [0.717, 1.165) is 25.1 Å². The molecule has 0 radical (unpaired) electrons. The Morgan fingerprint density at radius 3 is 2.93 bits per heavy atom. The second kappa shape index (κ2) is 4.05. The maximum absolute atomic E-state index is 11.3. The average molecular weight is 203 g/mol. The Balaban J connectivity index is 2.29. The molecule has 0 saturated carbocycles. The summed E-state index contributed by atoms with van der Waals surface area (Å²) in [6.07, 6.45) is 3.31. The highest BCUT2D eigenvalue weighted by molar-refractivity contribution is 5.93. The fraction of sp³-hybridized carbons (Fsp3) is 0.462. The third-order valence-corrected chi connectivity index (χ3v) is 2.96.